The SMILES string of the molecule is Cc1[nH]c(C(=O)OCC(=O)c2ccc(Cl)cc2)c(C)c1[C@@H](C)O. The molecule has 0 aliphatic carbocycles. The van der Waals surface area contributed by atoms with Gasteiger partial charge in [0.2, 0.25) is 0 Å². The zero-order valence-corrected chi connectivity index (χ0v) is 13.9. The molecule has 23 heavy (non-hydrogen) atoms. The van der Waals surface area contributed by atoms with Crippen molar-refractivity contribution in [3.05, 3.63) is 57.4 Å². The Morgan fingerprint density at radius 1 is 1.26 bits per heavy atom. The van der Waals surface area contributed by atoms with Crippen molar-refractivity contribution in [2.24, 2.45) is 0 Å². The number of hydrogen-bond acceptors (Lipinski definition) is 4. The summed E-state index contributed by atoms with van der Waals surface area (Å²) < 4.78 is 5.07. The number of benzene rings is 1. The number of nitrogens with one attached hydrogen (secondary N) is 1. The van der Waals surface area contributed by atoms with E-state index in [1.807, 2.05) is 0 Å². The molecule has 0 unspecified atom stereocenters. The Balaban J connectivity index is 2.07. The van der Waals surface area contributed by atoms with E-state index in [0.717, 1.165) is 0 Å². The van der Waals surface area contributed by atoms with Gasteiger partial charge in [-0.3, -0.25) is 4.79 Å². The number of aromatic amines is 1. The lowest BCUT2D eigenvalue weighted by Crippen LogP contribution is -2.15. The van der Waals surface area contributed by atoms with E-state index in [1.54, 1.807) is 45.0 Å². The zero-order valence-electron chi connectivity index (χ0n) is 13.1. The van der Waals surface area contributed by atoms with E-state index in [2.05, 4.69) is 4.98 Å². The highest BCUT2D eigenvalue weighted by atomic mass is 35.5. The van der Waals surface area contributed by atoms with Crippen molar-refractivity contribution in [1.29, 1.82) is 0 Å². The van der Waals surface area contributed by atoms with Crippen molar-refractivity contribution in [3.63, 3.8) is 0 Å². The number of H-pyrrole nitrogens is 1. The number of rotatable bonds is 5. The number of ketones is 1. The van der Waals surface area contributed by atoms with Crippen LogP contribution >= 0.6 is 11.6 Å². The Morgan fingerprint density at radius 2 is 1.87 bits per heavy atom. The van der Waals surface area contributed by atoms with Gasteiger partial charge in [-0.25, -0.2) is 4.79 Å². The van der Waals surface area contributed by atoms with Gasteiger partial charge < -0.3 is 14.8 Å². The van der Waals surface area contributed by atoms with Gasteiger partial charge in [-0.05, 0) is 50.6 Å². The predicted octanol–water partition coefficient (Wildman–Crippen LogP) is 3.38. The molecule has 6 heteroatoms. The number of carbonyl (C=O) groups is 2. The van der Waals surface area contributed by atoms with Crippen molar-refractivity contribution >= 4 is 23.4 Å². The first kappa shape index (κ1) is 17.2. The Labute approximate surface area is 139 Å². The van der Waals surface area contributed by atoms with Crippen LogP contribution in [0.1, 0.15) is 50.7 Å². The fraction of sp³-hybridized carbons (Fsp3) is 0.294. The molecule has 1 aromatic heterocycles. The van der Waals surface area contributed by atoms with Crippen LogP contribution in [0.4, 0.5) is 0 Å². The number of halogens is 1. The number of esters is 1. The predicted molar refractivity (Wildman–Crippen MR) is 87.0 cm³/mol. The second-order valence-electron chi connectivity index (χ2n) is 5.35. The molecule has 0 saturated carbocycles. The van der Waals surface area contributed by atoms with E-state index >= 15 is 0 Å². The summed E-state index contributed by atoms with van der Waals surface area (Å²) in [7, 11) is 0. The molecule has 0 saturated heterocycles. The molecule has 0 bridgehead atoms. The maximum Gasteiger partial charge on any atom is 0.355 e. The maximum atomic E-state index is 12.1. The molecule has 1 atom stereocenters. The Bertz CT molecular complexity index is 732. The number of aliphatic hydroxyl groups excluding tert-OH is 1. The monoisotopic (exact) mass is 335 g/mol. The molecule has 2 N–H and O–H groups in total. The van der Waals surface area contributed by atoms with Crippen LogP contribution in [-0.4, -0.2) is 28.4 Å². The summed E-state index contributed by atoms with van der Waals surface area (Å²) in [4.78, 5) is 27.0. The number of carbonyl (C=O) groups excluding carboxylic acids is 2. The number of aryl methyl sites for hydroxylation is 1. The maximum absolute atomic E-state index is 12.1. The second kappa shape index (κ2) is 6.98. The fourth-order valence-corrected chi connectivity index (χ4v) is 2.64. The van der Waals surface area contributed by atoms with Crippen LogP contribution in [0, 0.1) is 13.8 Å². The standard InChI is InChI=1S/C17H18ClNO4/c1-9-15(11(3)20)10(2)19-16(9)17(22)23-8-14(21)12-4-6-13(18)7-5-12/h4-7,11,19-20H,8H2,1-3H3/t11-/m1/s1. The third kappa shape index (κ3) is 3.81. The molecule has 2 aromatic rings. The summed E-state index contributed by atoms with van der Waals surface area (Å²) in [5, 5.41) is 10.3. The van der Waals surface area contributed by atoms with Gasteiger partial charge in [-0.2, -0.15) is 0 Å². The molecule has 1 heterocycles. The van der Waals surface area contributed by atoms with Crippen LogP contribution < -0.4 is 0 Å². The van der Waals surface area contributed by atoms with E-state index in [9.17, 15) is 14.7 Å². The molecule has 5 nitrogen and oxygen atoms in total. The molecule has 1 aromatic carbocycles. The van der Waals surface area contributed by atoms with Crippen molar-refractivity contribution in [2.45, 2.75) is 26.9 Å². The van der Waals surface area contributed by atoms with Crippen LogP contribution in [0.5, 0.6) is 0 Å². The van der Waals surface area contributed by atoms with Gasteiger partial charge in [0.15, 0.2) is 12.4 Å². The van der Waals surface area contributed by atoms with Crippen molar-refractivity contribution in [2.75, 3.05) is 6.61 Å². The fourth-order valence-electron chi connectivity index (χ4n) is 2.52. The van der Waals surface area contributed by atoms with E-state index in [-0.39, 0.29) is 18.1 Å². The first-order valence-electron chi connectivity index (χ1n) is 7.14. The highest BCUT2D eigenvalue weighted by molar-refractivity contribution is 6.30. The average Bonchev–Trinajstić information content (AvgIpc) is 2.80. The highest BCUT2D eigenvalue weighted by Gasteiger charge is 2.21. The molecule has 0 fully saturated rings. The average molecular weight is 336 g/mol. The lowest BCUT2D eigenvalue weighted by Gasteiger charge is -2.06. The van der Waals surface area contributed by atoms with E-state index in [1.165, 1.54) is 0 Å². The van der Waals surface area contributed by atoms with Crippen molar-refractivity contribution in [3.8, 4) is 0 Å². The van der Waals surface area contributed by atoms with Gasteiger partial charge in [-0.15, -0.1) is 0 Å². The molecule has 0 amide bonds. The van der Waals surface area contributed by atoms with Gasteiger partial charge >= 0.3 is 5.97 Å². The van der Waals surface area contributed by atoms with E-state index in [0.29, 0.717) is 27.4 Å². The minimum atomic E-state index is -0.691. The van der Waals surface area contributed by atoms with Gasteiger partial charge in [0.1, 0.15) is 5.69 Å². The minimum Gasteiger partial charge on any atom is -0.453 e. The number of Topliss-reactive ketones (excluding diaryl/α,β-unsaturated/α-hetero) is 1. The smallest absolute Gasteiger partial charge is 0.355 e. The quantitative estimate of drug-likeness (QED) is 0.648. The topological polar surface area (TPSA) is 79.4 Å². The zero-order chi connectivity index (χ0) is 17.1. The van der Waals surface area contributed by atoms with Gasteiger partial charge in [0.05, 0.1) is 6.10 Å². The molecule has 0 spiro atoms. The summed E-state index contributed by atoms with van der Waals surface area (Å²) in [5.74, 6) is -0.938. The molecule has 0 aliphatic rings. The lowest BCUT2D eigenvalue weighted by atomic mass is 10.1. The van der Waals surface area contributed by atoms with Crippen molar-refractivity contribution < 1.29 is 19.4 Å². The molecular weight excluding hydrogens is 318 g/mol. The number of aliphatic hydroxyl groups is 1. The number of aromatic nitrogens is 1. The summed E-state index contributed by atoms with van der Waals surface area (Å²) in [6.45, 7) is 4.76. The molecule has 0 aliphatic heterocycles. The van der Waals surface area contributed by atoms with Crippen LogP contribution in [0.15, 0.2) is 24.3 Å². The Hall–Kier alpha value is -2.11. The van der Waals surface area contributed by atoms with Crippen LogP contribution in [0.3, 0.4) is 0 Å². The highest BCUT2D eigenvalue weighted by Crippen LogP contribution is 2.24. The molecule has 0 radical (unpaired) electrons. The lowest BCUT2D eigenvalue weighted by molar-refractivity contribution is 0.0468. The van der Waals surface area contributed by atoms with Gasteiger partial charge in [0.25, 0.3) is 0 Å². The summed E-state index contributed by atoms with van der Waals surface area (Å²) >= 11 is 5.76. The van der Waals surface area contributed by atoms with Gasteiger partial charge in [0, 0.05) is 21.8 Å². The summed E-state index contributed by atoms with van der Waals surface area (Å²) in [6, 6.07) is 6.36. The largest absolute Gasteiger partial charge is 0.453 e. The first-order valence-corrected chi connectivity index (χ1v) is 7.52. The number of ether oxygens (including phenoxy) is 1. The summed E-state index contributed by atoms with van der Waals surface area (Å²) in [5.41, 5.74) is 2.67. The first-order chi connectivity index (χ1) is 10.8. The third-order valence-corrected chi connectivity index (χ3v) is 3.87. The second-order valence-corrected chi connectivity index (χ2v) is 5.78. The van der Waals surface area contributed by atoms with Crippen molar-refractivity contribution in [1.82, 2.24) is 4.98 Å². The van der Waals surface area contributed by atoms with E-state index in [4.69, 9.17) is 16.3 Å². The molecular formula is C17H18ClNO4. The van der Waals surface area contributed by atoms with Crippen LogP contribution in [-0.2, 0) is 4.74 Å². The van der Waals surface area contributed by atoms with Gasteiger partial charge in [-0.1, -0.05) is 11.6 Å². The number of hydrogen-bond donors (Lipinski definition) is 2. The molecule has 122 valence electrons. The Kier molecular flexibility index (Phi) is 5.23. The van der Waals surface area contributed by atoms with E-state index < -0.39 is 12.1 Å². The normalized spacial score (nSPS) is 12.0. The summed E-state index contributed by atoms with van der Waals surface area (Å²) in [6.07, 6.45) is -0.691. The molecule has 2 rings (SSSR count). The third-order valence-electron chi connectivity index (χ3n) is 3.62. The van der Waals surface area contributed by atoms with Crippen LogP contribution in [0.25, 0.3) is 0 Å². The van der Waals surface area contributed by atoms with Crippen LogP contribution in [0.2, 0.25) is 5.02 Å². The minimum absolute atomic E-state index is 0.252. The Morgan fingerprint density at radius 3 is 2.39 bits per heavy atom.